The second kappa shape index (κ2) is 11.7. The van der Waals surface area contributed by atoms with Crippen LogP contribution < -0.4 is 0 Å². The van der Waals surface area contributed by atoms with E-state index in [0.29, 0.717) is 6.61 Å². The molecule has 2 aliphatic carbocycles. The summed E-state index contributed by atoms with van der Waals surface area (Å²) in [6.07, 6.45) is 15.3. The van der Waals surface area contributed by atoms with Crippen molar-refractivity contribution in [2.24, 2.45) is 29.6 Å². The Morgan fingerprint density at radius 3 is 1.96 bits per heavy atom. The molecule has 0 N–H and O–H groups in total. The van der Waals surface area contributed by atoms with Crippen molar-refractivity contribution in [1.29, 1.82) is 0 Å². The SMILES string of the molecule is CCCCCC1CCC(C2CCC(C(C(=O)OC)C(=O)OCC)CC2)CC1. The Labute approximate surface area is 165 Å². The van der Waals surface area contributed by atoms with Gasteiger partial charge < -0.3 is 9.47 Å². The van der Waals surface area contributed by atoms with E-state index < -0.39 is 17.9 Å². The third-order valence-electron chi connectivity index (χ3n) is 7.06. The molecule has 1 unspecified atom stereocenters. The standard InChI is InChI=1S/C23H40O4/c1-4-6-7-8-17-9-11-18(12-10-17)19-13-15-20(16-14-19)21(22(24)26-3)23(25)27-5-2/h17-21H,4-16H2,1-3H3. The zero-order chi connectivity index (χ0) is 19.6. The van der Waals surface area contributed by atoms with E-state index in [-0.39, 0.29) is 5.92 Å². The van der Waals surface area contributed by atoms with Crippen LogP contribution in [0.25, 0.3) is 0 Å². The van der Waals surface area contributed by atoms with Crippen LogP contribution in [-0.4, -0.2) is 25.7 Å². The molecule has 2 rings (SSSR count). The Morgan fingerprint density at radius 1 is 0.852 bits per heavy atom. The molecule has 0 aliphatic heterocycles. The second-order valence-electron chi connectivity index (χ2n) is 8.70. The molecule has 0 bridgehead atoms. The van der Waals surface area contributed by atoms with Gasteiger partial charge in [0.05, 0.1) is 13.7 Å². The van der Waals surface area contributed by atoms with Gasteiger partial charge in [-0.15, -0.1) is 0 Å². The van der Waals surface area contributed by atoms with Crippen molar-refractivity contribution in [2.45, 2.75) is 90.9 Å². The number of carbonyl (C=O) groups is 2. The predicted molar refractivity (Wildman–Crippen MR) is 107 cm³/mol. The van der Waals surface area contributed by atoms with Gasteiger partial charge in [-0.2, -0.15) is 0 Å². The summed E-state index contributed by atoms with van der Waals surface area (Å²) in [5.41, 5.74) is 0. The van der Waals surface area contributed by atoms with Crippen LogP contribution in [0.5, 0.6) is 0 Å². The average molecular weight is 381 g/mol. The summed E-state index contributed by atoms with van der Waals surface area (Å²) in [6.45, 7) is 4.37. The Hall–Kier alpha value is -1.06. The maximum atomic E-state index is 12.2. The van der Waals surface area contributed by atoms with Crippen LogP contribution in [0.2, 0.25) is 0 Å². The van der Waals surface area contributed by atoms with Crippen LogP contribution >= 0.6 is 0 Å². The Bertz CT molecular complexity index is 445. The summed E-state index contributed by atoms with van der Waals surface area (Å²) in [6, 6.07) is 0. The van der Waals surface area contributed by atoms with E-state index in [0.717, 1.165) is 43.4 Å². The average Bonchev–Trinajstić information content (AvgIpc) is 2.69. The molecule has 0 spiro atoms. The molecular formula is C23H40O4. The minimum atomic E-state index is -0.731. The highest BCUT2D eigenvalue weighted by atomic mass is 16.5. The van der Waals surface area contributed by atoms with Gasteiger partial charge in [0.2, 0.25) is 0 Å². The van der Waals surface area contributed by atoms with Crippen LogP contribution in [0.3, 0.4) is 0 Å². The molecule has 156 valence electrons. The molecule has 0 heterocycles. The van der Waals surface area contributed by atoms with Crippen LogP contribution in [-0.2, 0) is 19.1 Å². The second-order valence-corrected chi connectivity index (χ2v) is 8.70. The van der Waals surface area contributed by atoms with E-state index in [1.807, 2.05) is 0 Å². The van der Waals surface area contributed by atoms with Gasteiger partial charge in [-0.05, 0) is 69.1 Å². The highest BCUT2D eigenvalue weighted by Gasteiger charge is 2.40. The summed E-state index contributed by atoms with van der Waals surface area (Å²) < 4.78 is 10.0. The number of unbranched alkanes of at least 4 members (excludes halogenated alkanes) is 2. The smallest absolute Gasteiger partial charge is 0.320 e. The number of esters is 2. The van der Waals surface area contributed by atoms with E-state index in [1.54, 1.807) is 6.92 Å². The normalized spacial score (nSPS) is 29.7. The quantitative estimate of drug-likeness (QED) is 0.300. The molecular weight excluding hydrogens is 340 g/mol. The first-order chi connectivity index (χ1) is 13.1. The molecule has 2 saturated carbocycles. The van der Waals surface area contributed by atoms with Gasteiger partial charge >= 0.3 is 11.9 Å². The highest BCUT2D eigenvalue weighted by molar-refractivity contribution is 5.95. The monoisotopic (exact) mass is 380 g/mol. The minimum absolute atomic E-state index is 0.0816. The number of carbonyl (C=O) groups excluding carboxylic acids is 2. The maximum absolute atomic E-state index is 12.2. The number of methoxy groups -OCH3 is 1. The molecule has 4 heteroatoms. The summed E-state index contributed by atoms with van der Waals surface area (Å²) in [5, 5.41) is 0. The summed E-state index contributed by atoms with van der Waals surface area (Å²) in [5.74, 6) is 1.11. The van der Waals surface area contributed by atoms with Crippen molar-refractivity contribution in [3.63, 3.8) is 0 Å². The Kier molecular flexibility index (Phi) is 9.64. The molecule has 0 amide bonds. The molecule has 0 aromatic heterocycles. The van der Waals surface area contributed by atoms with Gasteiger partial charge in [-0.25, -0.2) is 0 Å². The van der Waals surface area contributed by atoms with Crippen LogP contribution in [0.1, 0.15) is 90.9 Å². The lowest BCUT2D eigenvalue weighted by Crippen LogP contribution is -2.37. The molecule has 27 heavy (non-hydrogen) atoms. The van der Waals surface area contributed by atoms with E-state index in [9.17, 15) is 9.59 Å². The third-order valence-corrected chi connectivity index (χ3v) is 7.06. The van der Waals surface area contributed by atoms with Crippen molar-refractivity contribution in [3.8, 4) is 0 Å². The summed E-state index contributed by atoms with van der Waals surface area (Å²) in [7, 11) is 1.36. The number of rotatable bonds is 9. The number of hydrogen-bond acceptors (Lipinski definition) is 4. The summed E-state index contributed by atoms with van der Waals surface area (Å²) in [4.78, 5) is 24.4. The minimum Gasteiger partial charge on any atom is -0.468 e. The predicted octanol–water partition coefficient (Wildman–Crippen LogP) is 5.53. The lowest BCUT2D eigenvalue weighted by Gasteiger charge is -2.38. The van der Waals surface area contributed by atoms with Gasteiger partial charge in [0.1, 0.15) is 0 Å². The van der Waals surface area contributed by atoms with Gasteiger partial charge in [0, 0.05) is 0 Å². The number of ether oxygens (including phenoxy) is 2. The topological polar surface area (TPSA) is 52.6 Å². The first-order valence-electron chi connectivity index (χ1n) is 11.3. The molecule has 0 radical (unpaired) electrons. The van der Waals surface area contributed by atoms with Gasteiger partial charge in [-0.1, -0.05) is 45.4 Å². The lowest BCUT2D eigenvalue weighted by atomic mass is 9.67. The molecule has 2 fully saturated rings. The van der Waals surface area contributed by atoms with Gasteiger partial charge in [-0.3, -0.25) is 9.59 Å². The number of hydrogen-bond donors (Lipinski definition) is 0. The largest absolute Gasteiger partial charge is 0.468 e. The molecule has 1 atom stereocenters. The Morgan fingerprint density at radius 2 is 1.44 bits per heavy atom. The fourth-order valence-corrected chi connectivity index (χ4v) is 5.42. The highest BCUT2D eigenvalue weighted by Crippen LogP contribution is 2.44. The van der Waals surface area contributed by atoms with E-state index in [4.69, 9.17) is 9.47 Å². The van der Waals surface area contributed by atoms with E-state index >= 15 is 0 Å². The molecule has 0 aromatic carbocycles. The van der Waals surface area contributed by atoms with Crippen molar-refractivity contribution in [2.75, 3.05) is 13.7 Å². The van der Waals surface area contributed by atoms with Crippen LogP contribution in [0.4, 0.5) is 0 Å². The molecule has 0 aromatic rings. The van der Waals surface area contributed by atoms with E-state index in [2.05, 4.69) is 6.92 Å². The van der Waals surface area contributed by atoms with E-state index in [1.165, 1.54) is 58.5 Å². The van der Waals surface area contributed by atoms with Crippen molar-refractivity contribution in [3.05, 3.63) is 0 Å². The zero-order valence-corrected chi connectivity index (χ0v) is 17.7. The Balaban J connectivity index is 1.79. The molecule has 4 nitrogen and oxygen atoms in total. The van der Waals surface area contributed by atoms with Gasteiger partial charge in [0.15, 0.2) is 5.92 Å². The third kappa shape index (κ3) is 6.50. The fourth-order valence-electron chi connectivity index (χ4n) is 5.42. The maximum Gasteiger partial charge on any atom is 0.320 e. The van der Waals surface area contributed by atoms with Crippen LogP contribution in [0, 0.1) is 29.6 Å². The fraction of sp³-hybridized carbons (Fsp3) is 0.913. The summed E-state index contributed by atoms with van der Waals surface area (Å²) >= 11 is 0. The van der Waals surface area contributed by atoms with Crippen molar-refractivity contribution >= 4 is 11.9 Å². The van der Waals surface area contributed by atoms with Crippen molar-refractivity contribution in [1.82, 2.24) is 0 Å². The van der Waals surface area contributed by atoms with Crippen LogP contribution in [0.15, 0.2) is 0 Å². The molecule has 2 aliphatic rings. The molecule has 0 saturated heterocycles. The zero-order valence-electron chi connectivity index (χ0n) is 17.7. The first-order valence-corrected chi connectivity index (χ1v) is 11.3. The lowest BCUT2D eigenvalue weighted by molar-refractivity contribution is -0.164. The van der Waals surface area contributed by atoms with Crippen molar-refractivity contribution < 1.29 is 19.1 Å². The first kappa shape index (κ1) is 22.2. The van der Waals surface area contributed by atoms with Gasteiger partial charge in [0.25, 0.3) is 0 Å².